The van der Waals surface area contributed by atoms with Gasteiger partial charge in [0, 0.05) is 12.5 Å². The van der Waals surface area contributed by atoms with E-state index in [1.807, 2.05) is 0 Å². The van der Waals surface area contributed by atoms with Crippen molar-refractivity contribution in [2.45, 2.75) is 52.6 Å². The zero-order valence-corrected chi connectivity index (χ0v) is 9.21. The van der Waals surface area contributed by atoms with Gasteiger partial charge in [-0.25, -0.2) is 0 Å². The molecule has 0 aliphatic heterocycles. The van der Waals surface area contributed by atoms with Crippen LogP contribution in [0.3, 0.4) is 0 Å². The standard InChI is InChI=1S/C10H19N3O/c1-4-6-9-12-10(14-13-9)7-11-8(3)5-2/h8,11H,4-7H2,1-3H3. The monoisotopic (exact) mass is 197 g/mol. The summed E-state index contributed by atoms with van der Waals surface area (Å²) < 4.78 is 5.09. The average Bonchev–Trinajstić information content (AvgIpc) is 2.63. The Kier molecular flexibility index (Phi) is 4.59. The summed E-state index contributed by atoms with van der Waals surface area (Å²) in [5, 5.41) is 7.19. The van der Waals surface area contributed by atoms with Crippen LogP contribution in [0.2, 0.25) is 0 Å². The van der Waals surface area contributed by atoms with Crippen LogP contribution in [0.15, 0.2) is 4.52 Å². The van der Waals surface area contributed by atoms with E-state index in [9.17, 15) is 0 Å². The molecule has 80 valence electrons. The normalized spacial score (nSPS) is 13.1. The van der Waals surface area contributed by atoms with Gasteiger partial charge in [-0.2, -0.15) is 4.98 Å². The second kappa shape index (κ2) is 5.75. The van der Waals surface area contributed by atoms with Crippen molar-refractivity contribution in [3.05, 3.63) is 11.7 Å². The summed E-state index contributed by atoms with van der Waals surface area (Å²) >= 11 is 0. The Morgan fingerprint density at radius 3 is 2.86 bits per heavy atom. The molecular formula is C10H19N3O. The molecule has 0 bridgehead atoms. The minimum absolute atomic E-state index is 0.497. The topological polar surface area (TPSA) is 51.0 Å². The third kappa shape index (κ3) is 3.46. The summed E-state index contributed by atoms with van der Waals surface area (Å²) in [6.45, 7) is 7.07. The molecule has 14 heavy (non-hydrogen) atoms. The predicted octanol–water partition coefficient (Wildman–Crippen LogP) is 1.91. The molecule has 1 aromatic rings. The number of hydrogen-bond donors (Lipinski definition) is 1. The molecule has 0 aliphatic rings. The summed E-state index contributed by atoms with van der Waals surface area (Å²) in [4.78, 5) is 4.27. The molecule has 0 aromatic carbocycles. The molecule has 0 saturated carbocycles. The zero-order chi connectivity index (χ0) is 10.4. The van der Waals surface area contributed by atoms with Crippen molar-refractivity contribution in [2.75, 3.05) is 0 Å². The van der Waals surface area contributed by atoms with Crippen LogP contribution in [-0.2, 0) is 13.0 Å². The van der Waals surface area contributed by atoms with Gasteiger partial charge in [0.05, 0.1) is 6.54 Å². The SMILES string of the molecule is CCCc1noc(CNC(C)CC)n1. The van der Waals surface area contributed by atoms with Gasteiger partial charge < -0.3 is 9.84 Å². The van der Waals surface area contributed by atoms with E-state index in [0.717, 1.165) is 25.1 Å². The Bertz CT molecular complexity index is 260. The minimum Gasteiger partial charge on any atom is -0.338 e. The maximum Gasteiger partial charge on any atom is 0.240 e. The summed E-state index contributed by atoms with van der Waals surface area (Å²) in [7, 11) is 0. The first kappa shape index (κ1) is 11.2. The highest BCUT2D eigenvalue weighted by Crippen LogP contribution is 2.00. The maximum atomic E-state index is 5.09. The van der Waals surface area contributed by atoms with Crippen LogP contribution in [0.4, 0.5) is 0 Å². The number of nitrogens with one attached hydrogen (secondary N) is 1. The second-order valence-corrected chi connectivity index (χ2v) is 3.54. The van der Waals surface area contributed by atoms with Gasteiger partial charge in [0.25, 0.3) is 0 Å². The average molecular weight is 197 g/mol. The van der Waals surface area contributed by atoms with Crippen LogP contribution >= 0.6 is 0 Å². The van der Waals surface area contributed by atoms with Crippen molar-refractivity contribution in [1.82, 2.24) is 15.5 Å². The Labute approximate surface area is 85.1 Å². The van der Waals surface area contributed by atoms with Gasteiger partial charge in [-0.3, -0.25) is 0 Å². The lowest BCUT2D eigenvalue weighted by Crippen LogP contribution is -2.24. The summed E-state index contributed by atoms with van der Waals surface area (Å²) in [6.07, 6.45) is 3.06. The minimum atomic E-state index is 0.497. The number of rotatable bonds is 6. The van der Waals surface area contributed by atoms with E-state index in [2.05, 4.69) is 36.2 Å². The van der Waals surface area contributed by atoms with Crippen molar-refractivity contribution in [1.29, 1.82) is 0 Å². The molecule has 1 unspecified atom stereocenters. The van der Waals surface area contributed by atoms with Crippen molar-refractivity contribution >= 4 is 0 Å². The summed E-state index contributed by atoms with van der Waals surface area (Å²) in [6, 6.07) is 0.497. The van der Waals surface area contributed by atoms with Gasteiger partial charge >= 0.3 is 0 Å². The van der Waals surface area contributed by atoms with Gasteiger partial charge in [0.2, 0.25) is 5.89 Å². The van der Waals surface area contributed by atoms with Crippen LogP contribution in [0.5, 0.6) is 0 Å². The fraction of sp³-hybridized carbons (Fsp3) is 0.800. The third-order valence-electron chi connectivity index (χ3n) is 2.20. The quantitative estimate of drug-likeness (QED) is 0.756. The van der Waals surface area contributed by atoms with E-state index >= 15 is 0 Å². The number of nitrogens with zero attached hydrogens (tertiary/aromatic N) is 2. The lowest BCUT2D eigenvalue weighted by Gasteiger charge is -2.07. The lowest BCUT2D eigenvalue weighted by atomic mass is 10.2. The van der Waals surface area contributed by atoms with E-state index in [1.165, 1.54) is 0 Å². The van der Waals surface area contributed by atoms with Crippen LogP contribution < -0.4 is 5.32 Å². The molecule has 4 heteroatoms. The highest BCUT2D eigenvalue weighted by Gasteiger charge is 2.05. The van der Waals surface area contributed by atoms with Crippen LogP contribution in [0.1, 0.15) is 45.3 Å². The fourth-order valence-electron chi connectivity index (χ4n) is 1.09. The van der Waals surface area contributed by atoms with E-state index in [0.29, 0.717) is 18.5 Å². The smallest absolute Gasteiger partial charge is 0.240 e. The molecule has 1 heterocycles. The highest BCUT2D eigenvalue weighted by atomic mass is 16.5. The first-order chi connectivity index (χ1) is 6.76. The van der Waals surface area contributed by atoms with Crippen molar-refractivity contribution in [3.63, 3.8) is 0 Å². The van der Waals surface area contributed by atoms with Gasteiger partial charge in [0.15, 0.2) is 5.82 Å². The van der Waals surface area contributed by atoms with Crippen molar-refractivity contribution < 1.29 is 4.52 Å². The van der Waals surface area contributed by atoms with Crippen molar-refractivity contribution in [2.24, 2.45) is 0 Å². The van der Waals surface area contributed by atoms with Gasteiger partial charge in [-0.1, -0.05) is 19.0 Å². The molecule has 0 fully saturated rings. The Hall–Kier alpha value is -0.900. The molecule has 0 saturated heterocycles. The fourth-order valence-corrected chi connectivity index (χ4v) is 1.09. The van der Waals surface area contributed by atoms with Crippen LogP contribution in [0.25, 0.3) is 0 Å². The molecular weight excluding hydrogens is 178 g/mol. The van der Waals surface area contributed by atoms with E-state index in [4.69, 9.17) is 4.52 Å². The van der Waals surface area contributed by atoms with Gasteiger partial charge in [-0.05, 0) is 19.8 Å². The second-order valence-electron chi connectivity index (χ2n) is 3.54. The van der Waals surface area contributed by atoms with E-state index < -0.39 is 0 Å². The Morgan fingerprint density at radius 1 is 1.43 bits per heavy atom. The molecule has 1 atom stereocenters. The van der Waals surface area contributed by atoms with Crippen LogP contribution in [-0.4, -0.2) is 16.2 Å². The number of hydrogen-bond acceptors (Lipinski definition) is 4. The molecule has 0 aliphatic carbocycles. The summed E-state index contributed by atoms with van der Waals surface area (Å²) in [5.41, 5.74) is 0. The zero-order valence-electron chi connectivity index (χ0n) is 9.21. The van der Waals surface area contributed by atoms with Crippen LogP contribution in [0, 0.1) is 0 Å². The molecule has 1 N–H and O–H groups in total. The Balaban J connectivity index is 2.35. The molecule has 0 amide bonds. The first-order valence-electron chi connectivity index (χ1n) is 5.31. The van der Waals surface area contributed by atoms with Crippen molar-refractivity contribution in [3.8, 4) is 0 Å². The lowest BCUT2D eigenvalue weighted by molar-refractivity contribution is 0.354. The highest BCUT2D eigenvalue weighted by molar-refractivity contribution is 4.86. The third-order valence-corrected chi connectivity index (χ3v) is 2.20. The largest absolute Gasteiger partial charge is 0.338 e. The molecule has 4 nitrogen and oxygen atoms in total. The Morgan fingerprint density at radius 2 is 2.21 bits per heavy atom. The molecule has 1 rings (SSSR count). The summed E-state index contributed by atoms with van der Waals surface area (Å²) in [5.74, 6) is 1.50. The molecule has 0 spiro atoms. The maximum absolute atomic E-state index is 5.09. The molecule has 1 aromatic heterocycles. The number of aryl methyl sites for hydroxylation is 1. The van der Waals surface area contributed by atoms with Gasteiger partial charge in [0.1, 0.15) is 0 Å². The molecule has 0 radical (unpaired) electrons. The predicted molar refractivity (Wildman–Crippen MR) is 54.9 cm³/mol. The number of aromatic nitrogens is 2. The van der Waals surface area contributed by atoms with Gasteiger partial charge in [-0.15, -0.1) is 0 Å². The van der Waals surface area contributed by atoms with E-state index in [1.54, 1.807) is 0 Å². The van der Waals surface area contributed by atoms with E-state index in [-0.39, 0.29) is 0 Å². The first-order valence-corrected chi connectivity index (χ1v) is 5.31.